The van der Waals surface area contributed by atoms with Crippen LogP contribution in [-0.4, -0.2) is 132 Å². The monoisotopic (exact) mass is 1050 g/mol. The molecule has 0 unspecified atom stereocenters. The van der Waals surface area contributed by atoms with Crippen LogP contribution in [0.4, 0.5) is 29.5 Å². The Bertz CT molecular complexity index is 3090. The number of thiophene rings is 1. The summed E-state index contributed by atoms with van der Waals surface area (Å²) in [6.07, 6.45) is -1.34. The minimum Gasteiger partial charge on any atom is -0.382 e. The maximum Gasteiger partial charge on any atom is 0.406 e. The van der Waals surface area contributed by atoms with Crippen LogP contribution in [0, 0.1) is 41.9 Å². The van der Waals surface area contributed by atoms with E-state index in [1.54, 1.807) is 67.6 Å². The molecule has 0 bridgehead atoms. The smallest absolute Gasteiger partial charge is 0.382 e. The number of amides is 2. The van der Waals surface area contributed by atoms with E-state index in [1.165, 1.54) is 15.9 Å². The van der Waals surface area contributed by atoms with E-state index in [4.69, 9.17) is 22.0 Å². The van der Waals surface area contributed by atoms with Crippen molar-refractivity contribution in [3.05, 3.63) is 105 Å². The third kappa shape index (κ3) is 11.4. The maximum absolute atomic E-state index is 14.0. The van der Waals surface area contributed by atoms with Gasteiger partial charge < -0.3 is 29.6 Å². The standard InChI is InChI=1S/C54H61ClF3N10O3PS/c1-34-35(2)73-52-49(34)50(37-11-13-38(55)14-12-37)63-45(51(60)68(52)36(3)59)29-47(69)66-31-53(32-66)21-26-65(27-22-53)48(70)30-64-24-19-40(20-25-64)62-44-9-6-10-46-43(44)28-41(67(46)33-54(56,57)58)8-7-23-61-39-15-17-42(18-16-39)72(4,5)71/h6,9-18,28,40,45,59-62H,19-27,29-33H2,1-5H3/t45-/m0/s1. The number of benzene rings is 3. The van der Waals surface area contributed by atoms with E-state index in [9.17, 15) is 32.7 Å². The highest BCUT2D eigenvalue weighted by molar-refractivity contribution is 7.70. The predicted octanol–water partition coefficient (Wildman–Crippen LogP) is 9.66. The Morgan fingerprint density at radius 3 is 2.29 bits per heavy atom. The van der Waals surface area contributed by atoms with Gasteiger partial charge in [-0.3, -0.25) is 35.2 Å². The lowest BCUT2D eigenvalue weighted by Gasteiger charge is -2.54. The van der Waals surface area contributed by atoms with E-state index in [2.05, 4.69) is 27.4 Å². The number of likely N-dealkylation sites (tertiary alicyclic amines) is 3. The Hall–Kier alpha value is -5.92. The Morgan fingerprint density at radius 2 is 1.64 bits per heavy atom. The summed E-state index contributed by atoms with van der Waals surface area (Å²) < 4.78 is 55.3. The maximum atomic E-state index is 14.0. The average Bonchev–Trinajstić information content (AvgIpc) is 3.78. The number of aliphatic imine (C=N–C) groups is 1. The molecule has 9 rings (SSSR count). The van der Waals surface area contributed by atoms with Gasteiger partial charge in [-0.25, -0.2) is 0 Å². The molecule has 0 aliphatic carbocycles. The Morgan fingerprint density at radius 1 is 0.959 bits per heavy atom. The second-order valence-electron chi connectivity index (χ2n) is 20.3. The van der Waals surface area contributed by atoms with Gasteiger partial charge in [-0.05, 0) is 126 Å². The Labute approximate surface area is 433 Å². The van der Waals surface area contributed by atoms with E-state index >= 15 is 0 Å². The molecule has 2 amide bonds. The molecule has 13 nitrogen and oxygen atoms in total. The van der Waals surface area contributed by atoms with Crippen LogP contribution in [0.15, 0.2) is 77.8 Å². The van der Waals surface area contributed by atoms with Crippen molar-refractivity contribution in [2.24, 2.45) is 10.4 Å². The number of alkyl halides is 3. The van der Waals surface area contributed by atoms with E-state index in [-0.39, 0.29) is 53.6 Å². The number of anilines is 3. The first-order valence-corrected chi connectivity index (χ1v) is 28.4. The van der Waals surface area contributed by atoms with Crippen LogP contribution in [0.25, 0.3) is 10.9 Å². The molecule has 0 radical (unpaired) electrons. The van der Waals surface area contributed by atoms with Crippen LogP contribution in [0.5, 0.6) is 0 Å². The van der Waals surface area contributed by atoms with Crippen LogP contribution in [0.1, 0.15) is 66.3 Å². The first-order valence-electron chi connectivity index (χ1n) is 24.6. The number of fused-ring (bicyclic) bond motifs is 2. The van der Waals surface area contributed by atoms with E-state index < -0.39 is 25.9 Å². The third-order valence-electron chi connectivity index (χ3n) is 14.7. The molecular formula is C54H61ClF3N10O3PS. The lowest BCUT2D eigenvalue weighted by Crippen LogP contribution is -2.63. The Balaban J connectivity index is 0.764. The van der Waals surface area contributed by atoms with E-state index in [0.717, 1.165) is 68.9 Å². The molecule has 4 N–H and O–H groups in total. The van der Waals surface area contributed by atoms with Crippen molar-refractivity contribution in [3.8, 4) is 11.8 Å². The van der Waals surface area contributed by atoms with Gasteiger partial charge in [0.05, 0.1) is 36.4 Å². The molecule has 3 fully saturated rings. The van der Waals surface area contributed by atoms with Gasteiger partial charge in [0.2, 0.25) is 11.8 Å². The summed E-state index contributed by atoms with van der Waals surface area (Å²) in [5.74, 6) is 6.22. The highest BCUT2D eigenvalue weighted by Gasteiger charge is 2.48. The minimum atomic E-state index is -4.45. The molecule has 1 atom stereocenters. The number of nitrogens with zero attached hydrogens (tertiary/aromatic N) is 6. The molecule has 384 valence electrons. The van der Waals surface area contributed by atoms with Crippen molar-refractivity contribution in [1.29, 1.82) is 10.8 Å². The van der Waals surface area contributed by atoms with Gasteiger partial charge >= 0.3 is 6.18 Å². The summed E-state index contributed by atoms with van der Waals surface area (Å²) in [4.78, 5) is 41.4. The van der Waals surface area contributed by atoms with Gasteiger partial charge in [-0.1, -0.05) is 35.7 Å². The van der Waals surface area contributed by atoms with E-state index in [0.29, 0.717) is 67.5 Å². The van der Waals surface area contributed by atoms with Crippen molar-refractivity contribution < 1.29 is 27.3 Å². The van der Waals surface area contributed by atoms with Crippen LogP contribution in [0.2, 0.25) is 5.02 Å². The number of hydrogen-bond donors (Lipinski definition) is 4. The van der Waals surface area contributed by atoms with Gasteiger partial charge in [0, 0.05) is 93.8 Å². The van der Waals surface area contributed by atoms with Crippen LogP contribution < -0.4 is 20.8 Å². The molecule has 4 aliphatic rings. The lowest BCUT2D eigenvalue weighted by molar-refractivity contribution is -0.150. The largest absolute Gasteiger partial charge is 0.406 e. The molecule has 6 heterocycles. The highest BCUT2D eigenvalue weighted by atomic mass is 35.5. The number of carbonyl (C=O) groups excluding carboxylic acids is 2. The summed E-state index contributed by atoms with van der Waals surface area (Å²) in [5.41, 5.74) is 5.55. The average molecular weight is 1050 g/mol. The summed E-state index contributed by atoms with van der Waals surface area (Å²) in [5, 5.41) is 27.5. The molecule has 19 heteroatoms. The molecule has 73 heavy (non-hydrogen) atoms. The van der Waals surface area contributed by atoms with Gasteiger partial charge in [0.25, 0.3) is 0 Å². The predicted molar refractivity (Wildman–Crippen MR) is 290 cm³/mol. The van der Waals surface area contributed by atoms with Gasteiger partial charge in [-0.15, -0.1) is 11.3 Å². The first kappa shape index (κ1) is 52.0. The topological polar surface area (TPSA) is 153 Å². The number of rotatable bonds is 11. The zero-order valence-electron chi connectivity index (χ0n) is 41.8. The van der Waals surface area contributed by atoms with Crippen molar-refractivity contribution in [3.63, 3.8) is 0 Å². The quantitative estimate of drug-likeness (QED) is 0.0445. The fourth-order valence-corrected chi connectivity index (χ4v) is 12.7. The van der Waals surface area contributed by atoms with Crippen LogP contribution >= 0.6 is 30.1 Å². The van der Waals surface area contributed by atoms with Crippen LogP contribution in [-0.2, 0) is 20.7 Å². The lowest BCUT2D eigenvalue weighted by atomic mass is 9.71. The van der Waals surface area contributed by atoms with Gasteiger partial charge in [-0.2, -0.15) is 13.2 Å². The molecule has 3 saturated heterocycles. The summed E-state index contributed by atoms with van der Waals surface area (Å²) in [6.45, 7) is 12.3. The highest BCUT2D eigenvalue weighted by Crippen LogP contribution is 2.43. The fraction of sp³-hybridized carbons (Fsp3) is 0.426. The SMILES string of the molecule is CC(=N)N1C(=N)[C@H](CC(=O)N2CC3(CCN(C(=O)CN4CCC(Nc5cccc6c5cc(C#CCNc5ccc(P(C)(C)=O)cc5)n6CC(F)(F)F)CC4)CC3)C2)N=C(c2ccc(Cl)cc2)c2c1sc(C)c2C. The number of aromatic nitrogens is 1. The first-order chi connectivity index (χ1) is 34.6. The molecule has 2 aromatic heterocycles. The molecule has 1 spiro atoms. The normalized spacial score (nSPS) is 18.4. The number of carbonyl (C=O) groups is 2. The molecule has 0 saturated carbocycles. The number of nitrogens with one attached hydrogen (secondary N) is 4. The van der Waals surface area contributed by atoms with Gasteiger partial charge in [0.1, 0.15) is 36.4 Å². The van der Waals surface area contributed by atoms with E-state index in [1.807, 2.05) is 54.0 Å². The fourth-order valence-electron chi connectivity index (χ4n) is 10.5. The Kier molecular flexibility index (Phi) is 14.8. The minimum absolute atomic E-state index is 0.00241. The van der Waals surface area contributed by atoms with Gasteiger partial charge in [0.15, 0.2) is 0 Å². The molecular weight excluding hydrogens is 992 g/mol. The zero-order valence-corrected chi connectivity index (χ0v) is 44.2. The number of hydrogen-bond acceptors (Lipinski definition) is 10. The van der Waals surface area contributed by atoms with Crippen LogP contribution in [0.3, 0.4) is 0 Å². The van der Waals surface area contributed by atoms with Crippen molar-refractivity contribution in [2.45, 2.75) is 77.7 Å². The van der Waals surface area contributed by atoms with Crippen molar-refractivity contribution >= 4 is 91.9 Å². The second-order valence-corrected chi connectivity index (χ2v) is 25.2. The zero-order chi connectivity index (χ0) is 52.0. The molecule has 4 aliphatic heterocycles. The molecule has 5 aromatic rings. The summed E-state index contributed by atoms with van der Waals surface area (Å²) in [7, 11) is -2.39. The second kappa shape index (κ2) is 20.8. The molecule has 3 aromatic carbocycles. The van der Waals surface area contributed by atoms with Crippen molar-refractivity contribution in [2.75, 3.05) is 81.2 Å². The third-order valence-corrected chi connectivity index (χ3v) is 17.7. The number of halogens is 4. The van der Waals surface area contributed by atoms with Crippen molar-refractivity contribution in [1.82, 2.24) is 19.3 Å². The number of piperidine rings is 2. The number of amidine groups is 2. The summed E-state index contributed by atoms with van der Waals surface area (Å²) in [6, 6.07) is 21.0. The number of aryl methyl sites for hydroxylation is 1. The summed E-state index contributed by atoms with van der Waals surface area (Å²) >= 11 is 7.78.